The molecule has 2 aromatic carbocycles. The maximum Gasteiger partial charge on any atom is 0.0393 e. The van der Waals surface area contributed by atoms with Crippen LogP contribution in [0.3, 0.4) is 0 Å². The third-order valence-electron chi connectivity index (χ3n) is 3.63. The molecule has 20 heavy (non-hydrogen) atoms. The van der Waals surface area contributed by atoms with Gasteiger partial charge in [-0.05, 0) is 41.2 Å². The van der Waals surface area contributed by atoms with E-state index in [9.17, 15) is 0 Å². The number of benzene rings is 2. The number of rotatable bonds is 2. The highest BCUT2D eigenvalue weighted by Crippen LogP contribution is 2.29. The van der Waals surface area contributed by atoms with E-state index < -0.39 is 0 Å². The van der Waals surface area contributed by atoms with Crippen molar-refractivity contribution >= 4 is 11.3 Å². The minimum atomic E-state index is 0.169. The Hall–Kier alpha value is -2.02. The molecule has 104 valence electrons. The van der Waals surface area contributed by atoms with Crippen molar-refractivity contribution < 1.29 is 0 Å². The van der Waals surface area contributed by atoms with Crippen LogP contribution in [-0.4, -0.2) is 0 Å². The van der Waals surface area contributed by atoms with Crippen LogP contribution in [0.15, 0.2) is 49.0 Å². The van der Waals surface area contributed by atoms with Gasteiger partial charge in [-0.2, -0.15) is 0 Å². The first kappa shape index (κ1) is 14.4. The van der Waals surface area contributed by atoms with Gasteiger partial charge in [-0.1, -0.05) is 63.2 Å². The maximum atomic E-state index is 6.07. The first-order chi connectivity index (χ1) is 9.29. The Kier molecular flexibility index (Phi) is 3.71. The second-order valence-electron chi connectivity index (χ2n) is 6.40. The molecule has 0 fully saturated rings. The summed E-state index contributed by atoms with van der Waals surface area (Å²) in [4.78, 5) is 0. The largest absolute Gasteiger partial charge is 0.398 e. The molecule has 2 N–H and O–H groups in total. The third kappa shape index (κ3) is 2.93. The molecule has 0 saturated heterocycles. The molecule has 0 spiro atoms. The van der Waals surface area contributed by atoms with Gasteiger partial charge in [0.1, 0.15) is 0 Å². The van der Waals surface area contributed by atoms with Crippen LogP contribution in [-0.2, 0) is 5.41 Å². The molecular formula is C19H23N. The molecule has 1 nitrogen and oxygen atoms in total. The number of hydrogen-bond donors (Lipinski definition) is 1. The van der Waals surface area contributed by atoms with E-state index in [2.05, 4.69) is 64.6 Å². The van der Waals surface area contributed by atoms with Gasteiger partial charge in [0.2, 0.25) is 0 Å². The summed E-state index contributed by atoms with van der Waals surface area (Å²) in [6.45, 7) is 12.9. The molecular weight excluding hydrogens is 242 g/mol. The number of hydrogen-bond acceptors (Lipinski definition) is 1. The Morgan fingerprint density at radius 1 is 1.00 bits per heavy atom. The molecule has 0 unspecified atom stereocenters. The van der Waals surface area contributed by atoms with E-state index in [1.165, 1.54) is 11.1 Å². The fraction of sp³-hybridized carbons (Fsp3) is 0.263. The van der Waals surface area contributed by atoms with E-state index in [0.717, 1.165) is 22.4 Å². The van der Waals surface area contributed by atoms with Crippen molar-refractivity contribution in [2.75, 3.05) is 5.73 Å². The Labute approximate surface area is 122 Å². The third-order valence-corrected chi connectivity index (χ3v) is 3.63. The van der Waals surface area contributed by atoms with Gasteiger partial charge in [0.25, 0.3) is 0 Å². The van der Waals surface area contributed by atoms with Crippen molar-refractivity contribution in [1.82, 2.24) is 0 Å². The SMILES string of the molecule is C=C(c1ccc(C(C)(C)C)cc1)c1cc(C)ccc1N. The molecule has 0 heterocycles. The van der Waals surface area contributed by atoms with Crippen molar-refractivity contribution in [3.63, 3.8) is 0 Å². The van der Waals surface area contributed by atoms with Crippen LogP contribution in [0.4, 0.5) is 5.69 Å². The fourth-order valence-corrected chi connectivity index (χ4v) is 2.26. The zero-order chi connectivity index (χ0) is 14.9. The van der Waals surface area contributed by atoms with Crippen molar-refractivity contribution in [3.8, 4) is 0 Å². The van der Waals surface area contributed by atoms with E-state index in [0.29, 0.717) is 0 Å². The molecule has 0 aliphatic carbocycles. The van der Waals surface area contributed by atoms with Crippen LogP contribution < -0.4 is 5.73 Å². The lowest BCUT2D eigenvalue weighted by atomic mass is 9.85. The molecule has 0 amide bonds. The van der Waals surface area contributed by atoms with E-state index in [1.807, 2.05) is 12.1 Å². The molecule has 0 aromatic heterocycles. The average molecular weight is 265 g/mol. The second-order valence-corrected chi connectivity index (χ2v) is 6.40. The quantitative estimate of drug-likeness (QED) is 0.765. The van der Waals surface area contributed by atoms with Gasteiger partial charge in [-0.25, -0.2) is 0 Å². The Morgan fingerprint density at radius 2 is 1.60 bits per heavy atom. The maximum absolute atomic E-state index is 6.07. The van der Waals surface area contributed by atoms with E-state index in [1.54, 1.807) is 0 Å². The Morgan fingerprint density at radius 3 is 2.15 bits per heavy atom. The zero-order valence-corrected chi connectivity index (χ0v) is 12.8. The highest BCUT2D eigenvalue weighted by molar-refractivity contribution is 5.84. The van der Waals surface area contributed by atoms with Gasteiger partial charge in [-0.3, -0.25) is 0 Å². The summed E-state index contributed by atoms with van der Waals surface area (Å²) in [6, 6.07) is 14.7. The lowest BCUT2D eigenvalue weighted by Crippen LogP contribution is -2.10. The first-order valence-electron chi connectivity index (χ1n) is 6.95. The monoisotopic (exact) mass is 265 g/mol. The molecule has 0 atom stereocenters. The second kappa shape index (κ2) is 5.16. The normalized spacial score (nSPS) is 11.4. The minimum Gasteiger partial charge on any atom is -0.398 e. The lowest BCUT2D eigenvalue weighted by molar-refractivity contribution is 0.590. The van der Waals surface area contributed by atoms with E-state index in [4.69, 9.17) is 5.73 Å². The van der Waals surface area contributed by atoms with Gasteiger partial charge in [0.15, 0.2) is 0 Å². The predicted octanol–water partition coefficient (Wildman–Crippen LogP) is 4.94. The number of nitrogens with two attached hydrogens (primary N) is 1. The van der Waals surface area contributed by atoms with Gasteiger partial charge in [0, 0.05) is 11.3 Å². The molecule has 0 saturated carbocycles. The predicted molar refractivity (Wildman–Crippen MR) is 88.9 cm³/mol. The summed E-state index contributed by atoms with van der Waals surface area (Å²) in [5.74, 6) is 0. The minimum absolute atomic E-state index is 0.169. The van der Waals surface area contributed by atoms with Crippen LogP contribution in [0.2, 0.25) is 0 Å². The summed E-state index contributed by atoms with van der Waals surface area (Å²) in [5, 5.41) is 0. The molecule has 0 bridgehead atoms. The summed E-state index contributed by atoms with van der Waals surface area (Å²) < 4.78 is 0. The molecule has 0 aliphatic heterocycles. The van der Waals surface area contributed by atoms with Crippen molar-refractivity contribution in [3.05, 3.63) is 71.3 Å². The molecule has 1 heteroatoms. The summed E-state index contributed by atoms with van der Waals surface area (Å²) in [6.07, 6.45) is 0. The van der Waals surface area contributed by atoms with Crippen LogP contribution in [0, 0.1) is 6.92 Å². The van der Waals surface area contributed by atoms with Crippen molar-refractivity contribution in [2.24, 2.45) is 0 Å². The van der Waals surface area contributed by atoms with Crippen LogP contribution in [0.25, 0.3) is 5.57 Å². The van der Waals surface area contributed by atoms with Gasteiger partial charge in [-0.15, -0.1) is 0 Å². The molecule has 0 radical (unpaired) electrons. The van der Waals surface area contributed by atoms with Gasteiger partial charge < -0.3 is 5.73 Å². The molecule has 2 rings (SSSR count). The van der Waals surface area contributed by atoms with E-state index in [-0.39, 0.29) is 5.41 Å². The zero-order valence-electron chi connectivity index (χ0n) is 12.8. The average Bonchev–Trinajstić information content (AvgIpc) is 2.40. The Balaban J connectivity index is 2.37. The number of anilines is 1. The summed E-state index contributed by atoms with van der Waals surface area (Å²) >= 11 is 0. The van der Waals surface area contributed by atoms with Gasteiger partial charge >= 0.3 is 0 Å². The number of nitrogen functional groups attached to an aromatic ring is 1. The van der Waals surface area contributed by atoms with Crippen molar-refractivity contribution in [1.29, 1.82) is 0 Å². The van der Waals surface area contributed by atoms with Crippen molar-refractivity contribution in [2.45, 2.75) is 33.1 Å². The summed E-state index contributed by atoms with van der Waals surface area (Å²) in [5.41, 5.74) is 12.7. The highest BCUT2D eigenvalue weighted by Gasteiger charge is 2.14. The Bertz CT molecular complexity index is 628. The van der Waals surface area contributed by atoms with Crippen LogP contribution in [0.1, 0.15) is 43.0 Å². The topological polar surface area (TPSA) is 26.0 Å². The van der Waals surface area contributed by atoms with Gasteiger partial charge in [0.05, 0.1) is 0 Å². The highest BCUT2D eigenvalue weighted by atomic mass is 14.6. The fourth-order valence-electron chi connectivity index (χ4n) is 2.26. The lowest BCUT2D eigenvalue weighted by Gasteiger charge is -2.19. The first-order valence-corrected chi connectivity index (χ1v) is 6.95. The number of aryl methyl sites for hydroxylation is 1. The smallest absolute Gasteiger partial charge is 0.0393 e. The van der Waals surface area contributed by atoms with E-state index >= 15 is 0 Å². The molecule has 0 aliphatic rings. The van der Waals surface area contributed by atoms with Crippen LogP contribution >= 0.6 is 0 Å². The standard InChI is InChI=1S/C19H23N/c1-13-6-11-18(20)17(12-13)14(2)15-7-9-16(10-8-15)19(3,4)5/h6-12H,2,20H2,1,3-5H3. The summed E-state index contributed by atoms with van der Waals surface area (Å²) in [7, 11) is 0. The molecule has 2 aromatic rings. The van der Waals surface area contributed by atoms with Crippen LogP contribution in [0.5, 0.6) is 0 Å².